The van der Waals surface area contributed by atoms with Gasteiger partial charge in [0.05, 0.1) is 11.1 Å². The molecule has 0 spiro atoms. The van der Waals surface area contributed by atoms with Gasteiger partial charge in [0.2, 0.25) is 0 Å². The van der Waals surface area contributed by atoms with E-state index < -0.39 is 23.1 Å². The highest BCUT2D eigenvalue weighted by Crippen LogP contribution is 2.35. The Morgan fingerprint density at radius 1 is 1.33 bits per heavy atom. The third kappa shape index (κ3) is 2.16. The molecule has 0 atom stereocenters. The van der Waals surface area contributed by atoms with Gasteiger partial charge < -0.3 is 0 Å². The lowest BCUT2D eigenvalue weighted by Gasteiger charge is -2.13. The highest BCUT2D eigenvalue weighted by atomic mass is 19.4. The maximum atomic E-state index is 13.3. The number of alkyl halides is 3. The molecule has 0 fully saturated rings. The van der Waals surface area contributed by atoms with Gasteiger partial charge in [0.25, 0.3) is 0 Å². The molecule has 1 aromatic rings. The molecule has 1 rings (SSSR count). The number of aryl methyl sites for hydroxylation is 1. The van der Waals surface area contributed by atoms with Crippen LogP contribution in [0.25, 0.3) is 0 Å². The Hall–Kier alpha value is -1.39. The number of benzene rings is 1. The van der Waals surface area contributed by atoms with Gasteiger partial charge in [-0.05, 0) is 18.1 Å². The van der Waals surface area contributed by atoms with Crippen LogP contribution in [-0.4, -0.2) is 6.29 Å². The Kier molecular flexibility index (Phi) is 3.12. The number of carbonyl (C=O) groups is 1. The van der Waals surface area contributed by atoms with Crippen LogP contribution in [0.3, 0.4) is 0 Å². The van der Waals surface area contributed by atoms with E-state index in [1.54, 1.807) is 0 Å². The van der Waals surface area contributed by atoms with Gasteiger partial charge in [-0.25, -0.2) is 4.39 Å². The molecule has 0 bridgehead atoms. The molecule has 1 aromatic carbocycles. The van der Waals surface area contributed by atoms with Crippen molar-refractivity contribution in [2.24, 2.45) is 0 Å². The number of hydrogen-bond donors (Lipinski definition) is 0. The van der Waals surface area contributed by atoms with E-state index in [2.05, 4.69) is 0 Å². The van der Waals surface area contributed by atoms with Crippen LogP contribution in [0.1, 0.15) is 28.4 Å². The molecule has 0 saturated carbocycles. The Labute approximate surface area is 83.7 Å². The lowest BCUT2D eigenvalue weighted by molar-refractivity contribution is -0.140. The summed E-state index contributed by atoms with van der Waals surface area (Å²) in [5.41, 5.74) is -2.06. The molecule has 0 amide bonds. The maximum absolute atomic E-state index is 13.3. The van der Waals surface area contributed by atoms with Gasteiger partial charge in [0.1, 0.15) is 5.82 Å². The second-order valence-corrected chi connectivity index (χ2v) is 2.97. The molecule has 15 heavy (non-hydrogen) atoms. The van der Waals surface area contributed by atoms with Crippen LogP contribution in [0.2, 0.25) is 0 Å². The van der Waals surface area contributed by atoms with Crippen molar-refractivity contribution in [2.75, 3.05) is 0 Å². The van der Waals surface area contributed by atoms with Crippen LogP contribution in [0.4, 0.5) is 17.6 Å². The molecule has 0 aliphatic heterocycles. The first-order valence-electron chi connectivity index (χ1n) is 4.25. The van der Waals surface area contributed by atoms with E-state index in [1.807, 2.05) is 0 Å². The van der Waals surface area contributed by atoms with Gasteiger partial charge >= 0.3 is 6.18 Å². The average molecular weight is 220 g/mol. The number of hydrogen-bond acceptors (Lipinski definition) is 1. The van der Waals surface area contributed by atoms with Gasteiger partial charge in [0, 0.05) is 0 Å². The molecule has 82 valence electrons. The van der Waals surface area contributed by atoms with Gasteiger partial charge in [-0.2, -0.15) is 13.2 Å². The van der Waals surface area contributed by atoms with Crippen LogP contribution < -0.4 is 0 Å². The number of aldehydes is 1. The standard InChI is InChI=1S/C10H8F4O/c1-2-6-3-4-7(5-15)9(11)8(6)10(12,13)14/h3-5H,2H2,1H3. The molecule has 5 heteroatoms. The van der Waals surface area contributed by atoms with E-state index >= 15 is 0 Å². The molecule has 0 aliphatic rings. The molecule has 0 N–H and O–H groups in total. The summed E-state index contributed by atoms with van der Waals surface area (Å²) in [5, 5.41) is 0. The summed E-state index contributed by atoms with van der Waals surface area (Å²) in [5.74, 6) is -1.49. The number of rotatable bonds is 2. The van der Waals surface area contributed by atoms with Crippen molar-refractivity contribution in [2.45, 2.75) is 19.5 Å². The second kappa shape index (κ2) is 4.00. The fourth-order valence-electron chi connectivity index (χ4n) is 1.32. The van der Waals surface area contributed by atoms with E-state index in [4.69, 9.17) is 0 Å². The quantitative estimate of drug-likeness (QED) is 0.552. The fraction of sp³-hybridized carbons (Fsp3) is 0.300. The predicted molar refractivity (Wildman–Crippen MR) is 46.2 cm³/mol. The molecule has 0 saturated heterocycles. The van der Waals surface area contributed by atoms with E-state index in [9.17, 15) is 22.4 Å². The summed E-state index contributed by atoms with van der Waals surface area (Å²) in [7, 11) is 0. The predicted octanol–water partition coefficient (Wildman–Crippen LogP) is 3.22. The summed E-state index contributed by atoms with van der Waals surface area (Å²) >= 11 is 0. The van der Waals surface area contributed by atoms with Gasteiger partial charge in [0.15, 0.2) is 6.29 Å². The largest absolute Gasteiger partial charge is 0.419 e. The third-order valence-corrected chi connectivity index (χ3v) is 2.05. The van der Waals surface area contributed by atoms with Gasteiger partial charge in [-0.1, -0.05) is 13.0 Å². The third-order valence-electron chi connectivity index (χ3n) is 2.05. The van der Waals surface area contributed by atoms with Crippen LogP contribution in [0, 0.1) is 5.82 Å². The molecule has 0 radical (unpaired) electrons. The number of halogens is 4. The molecule has 0 unspecified atom stereocenters. The first kappa shape index (κ1) is 11.7. The first-order chi connectivity index (χ1) is 6.91. The van der Waals surface area contributed by atoms with Gasteiger partial charge in [-0.3, -0.25) is 4.79 Å². The average Bonchev–Trinajstić information content (AvgIpc) is 2.15. The van der Waals surface area contributed by atoms with Crippen molar-refractivity contribution in [3.63, 3.8) is 0 Å². The monoisotopic (exact) mass is 220 g/mol. The van der Waals surface area contributed by atoms with Crippen molar-refractivity contribution in [3.8, 4) is 0 Å². The Morgan fingerprint density at radius 2 is 1.93 bits per heavy atom. The molecular weight excluding hydrogens is 212 g/mol. The van der Waals surface area contributed by atoms with E-state index in [-0.39, 0.29) is 18.3 Å². The summed E-state index contributed by atoms with van der Waals surface area (Å²) in [4.78, 5) is 10.3. The normalized spacial score (nSPS) is 11.5. The zero-order valence-corrected chi connectivity index (χ0v) is 7.86. The summed E-state index contributed by atoms with van der Waals surface area (Å²) in [6.45, 7) is 1.49. The SMILES string of the molecule is CCc1ccc(C=O)c(F)c1C(F)(F)F. The number of carbonyl (C=O) groups excluding carboxylic acids is 1. The van der Waals surface area contributed by atoms with Crippen LogP contribution >= 0.6 is 0 Å². The molecule has 1 nitrogen and oxygen atoms in total. The molecule has 0 aliphatic carbocycles. The summed E-state index contributed by atoms with van der Waals surface area (Å²) in [6, 6.07) is 2.17. The van der Waals surface area contributed by atoms with Crippen molar-refractivity contribution >= 4 is 6.29 Å². The van der Waals surface area contributed by atoms with E-state index in [1.165, 1.54) is 6.92 Å². The smallest absolute Gasteiger partial charge is 0.298 e. The minimum absolute atomic E-state index is 0.0604. The van der Waals surface area contributed by atoms with Crippen LogP contribution in [0.5, 0.6) is 0 Å². The summed E-state index contributed by atoms with van der Waals surface area (Å²) < 4.78 is 50.6. The van der Waals surface area contributed by atoms with Crippen molar-refractivity contribution in [1.82, 2.24) is 0 Å². The molecular formula is C10H8F4O. The minimum Gasteiger partial charge on any atom is -0.298 e. The Morgan fingerprint density at radius 3 is 2.33 bits per heavy atom. The van der Waals surface area contributed by atoms with Crippen LogP contribution in [0.15, 0.2) is 12.1 Å². The van der Waals surface area contributed by atoms with Crippen molar-refractivity contribution in [1.29, 1.82) is 0 Å². The lowest BCUT2D eigenvalue weighted by Crippen LogP contribution is -2.13. The zero-order valence-electron chi connectivity index (χ0n) is 7.86. The molecule has 0 aromatic heterocycles. The highest BCUT2D eigenvalue weighted by molar-refractivity contribution is 5.76. The van der Waals surface area contributed by atoms with Crippen LogP contribution in [-0.2, 0) is 12.6 Å². The highest BCUT2D eigenvalue weighted by Gasteiger charge is 2.37. The Balaban J connectivity index is 3.50. The zero-order chi connectivity index (χ0) is 11.6. The molecule has 0 heterocycles. The second-order valence-electron chi connectivity index (χ2n) is 2.97. The minimum atomic E-state index is -4.77. The topological polar surface area (TPSA) is 17.1 Å². The Bertz CT molecular complexity index is 382. The van der Waals surface area contributed by atoms with Crippen molar-refractivity contribution < 1.29 is 22.4 Å². The summed E-state index contributed by atoms with van der Waals surface area (Å²) in [6.07, 6.45) is -4.64. The van der Waals surface area contributed by atoms with E-state index in [0.29, 0.717) is 0 Å². The van der Waals surface area contributed by atoms with E-state index in [0.717, 1.165) is 12.1 Å². The first-order valence-corrected chi connectivity index (χ1v) is 4.25. The maximum Gasteiger partial charge on any atom is 0.419 e. The lowest BCUT2D eigenvalue weighted by atomic mass is 10.0. The fourth-order valence-corrected chi connectivity index (χ4v) is 1.32. The van der Waals surface area contributed by atoms with Crippen molar-refractivity contribution in [3.05, 3.63) is 34.6 Å². The van der Waals surface area contributed by atoms with Gasteiger partial charge in [-0.15, -0.1) is 0 Å².